The Kier molecular flexibility index (Phi) is 3.85. The lowest BCUT2D eigenvalue weighted by Gasteiger charge is -2.35. The Labute approximate surface area is 132 Å². The second kappa shape index (κ2) is 5.96. The normalized spacial score (nSPS) is 17.7. The molecule has 8 nitrogen and oxygen atoms in total. The van der Waals surface area contributed by atoms with E-state index in [1.165, 1.54) is 0 Å². The Balaban J connectivity index is 1.91. The maximum atomic E-state index is 11.0. The Morgan fingerprint density at radius 3 is 2.96 bits per heavy atom. The van der Waals surface area contributed by atoms with Gasteiger partial charge in [-0.05, 0) is 25.0 Å². The molecule has 1 saturated heterocycles. The predicted octanol–water partition coefficient (Wildman–Crippen LogP) is 2.09. The number of aromatic nitrogens is 2. The number of hydrogen-bond donors (Lipinski definition) is 1. The molecular weight excluding hydrogens is 296 g/mol. The van der Waals surface area contributed by atoms with Crippen molar-refractivity contribution in [1.82, 2.24) is 9.55 Å². The highest BCUT2D eigenvalue weighted by atomic mass is 16.6. The third kappa shape index (κ3) is 2.81. The minimum absolute atomic E-state index is 0.00486. The van der Waals surface area contributed by atoms with Crippen LogP contribution < -0.4 is 10.6 Å². The van der Waals surface area contributed by atoms with Gasteiger partial charge in [-0.3, -0.25) is 10.1 Å². The van der Waals surface area contributed by atoms with E-state index in [2.05, 4.69) is 14.5 Å². The number of nitriles is 1. The minimum Gasteiger partial charge on any atom is -0.393 e. The smallest absolute Gasteiger partial charge is 0.309 e. The summed E-state index contributed by atoms with van der Waals surface area (Å²) >= 11 is 0. The summed E-state index contributed by atoms with van der Waals surface area (Å²) in [5, 5.41) is 20.2. The summed E-state index contributed by atoms with van der Waals surface area (Å²) in [6.07, 6.45) is 7.50. The molecule has 118 valence electrons. The van der Waals surface area contributed by atoms with Crippen LogP contribution in [0.4, 0.5) is 17.1 Å². The number of nitrogens with two attached hydrogens (primary N) is 1. The predicted molar refractivity (Wildman–Crippen MR) is 84.9 cm³/mol. The molecule has 1 aromatic carbocycles. The lowest BCUT2D eigenvalue weighted by Crippen LogP contribution is -2.36. The van der Waals surface area contributed by atoms with E-state index in [0.29, 0.717) is 0 Å². The molecule has 1 aliphatic heterocycles. The Morgan fingerprint density at radius 2 is 2.30 bits per heavy atom. The maximum Gasteiger partial charge on any atom is 0.309 e. The van der Waals surface area contributed by atoms with Crippen LogP contribution in [0.25, 0.3) is 0 Å². The van der Waals surface area contributed by atoms with Crippen LogP contribution in [0.2, 0.25) is 0 Å². The van der Waals surface area contributed by atoms with Crippen molar-refractivity contribution in [2.45, 2.75) is 18.9 Å². The van der Waals surface area contributed by atoms with E-state index >= 15 is 0 Å². The van der Waals surface area contributed by atoms with Gasteiger partial charge in [0.15, 0.2) is 0 Å². The summed E-state index contributed by atoms with van der Waals surface area (Å²) in [6, 6.07) is 5.28. The van der Waals surface area contributed by atoms with Crippen molar-refractivity contribution in [1.29, 1.82) is 5.26 Å². The number of nitrogen functional groups attached to an aromatic ring is 1. The summed E-state index contributed by atoms with van der Waals surface area (Å²) in [5.74, 6) is 0. The summed E-state index contributed by atoms with van der Waals surface area (Å²) in [6.45, 7) is 1.58. The van der Waals surface area contributed by atoms with E-state index in [0.717, 1.165) is 31.6 Å². The summed E-state index contributed by atoms with van der Waals surface area (Å²) in [7, 11) is 0. The molecule has 0 spiro atoms. The molecule has 23 heavy (non-hydrogen) atoms. The van der Waals surface area contributed by atoms with Gasteiger partial charge in [0.25, 0.3) is 0 Å². The molecular formula is C15H16N6O2. The molecule has 0 saturated carbocycles. The zero-order valence-electron chi connectivity index (χ0n) is 12.4. The largest absolute Gasteiger partial charge is 0.393 e. The highest BCUT2D eigenvalue weighted by Gasteiger charge is 2.25. The number of anilines is 2. The van der Waals surface area contributed by atoms with Crippen molar-refractivity contribution in [3.05, 3.63) is 46.5 Å². The molecule has 1 unspecified atom stereocenters. The van der Waals surface area contributed by atoms with E-state index in [9.17, 15) is 15.4 Å². The second-order valence-electron chi connectivity index (χ2n) is 5.55. The molecule has 2 heterocycles. The second-order valence-corrected chi connectivity index (χ2v) is 5.55. The van der Waals surface area contributed by atoms with Crippen LogP contribution in [-0.4, -0.2) is 27.6 Å². The van der Waals surface area contributed by atoms with Crippen molar-refractivity contribution in [3.63, 3.8) is 0 Å². The van der Waals surface area contributed by atoms with Crippen LogP contribution in [0.15, 0.2) is 30.9 Å². The van der Waals surface area contributed by atoms with Gasteiger partial charge in [-0.1, -0.05) is 0 Å². The molecule has 1 fully saturated rings. The fourth-order valence-electron chi connectivity index (χ4n) is 3.03. The van der Waals surface area contributed by atoms with E-state index in [1.54, 1.807) is 24.7 Å². The van der Waals surface area contributed by atoms with E-state index < -0.39 is 4.92 Å². The molecule has 8 heteroatoms. The highest BCUT2D eigenvalue weighted by molar-refractivity contribution is 5.73. The third-order valence-corrected chi connectivity index (χ3v) is 4.14. The first-order valence-electron chi connectivity index (χ1n) is 7.30. The molecule has 1 atom stereocenters. The monoisotopic (exact) mass is 312 g/mol. The van der Waals surface area contributed by atoms with Gasteiger partial charge in [0.2, 0.25) is 0 Å². The van der Waals surface area contributed by atoms with E-state index in [-0.39, 0.29) is 23.0 Å². The Hall–Kier alpha value is -3.08. The van der Waals surface area contributed by atoms with Gasteiger partial charge in [-0.25, -0.2) is 4.98 Å². The van der Waals surface area contributed by atoms with Crippen LogP contribution in [-0.2, 0) is 0 Å². The standard InChI is InChI=1S/C15H16N6O2/c16-8-11-6-13(7-14(17)15(11)21(22)23)19-4-1-2-12(9-19)20-5-3-18-10-20/h3,5-7,10,12H,1-2,4,9,17H2. The molecule has 0 radical (unpaired) electrons. The molecule has 2 aromatic rings. The topological polar surface area (TPSA) is 114 Å². The lowest BCUT2D eigenvalue weighted by atomic mass is 10.0. The number of hydrogen-bond acceptors (Lipinski definition) is 6. The van der Waals surface area contributed by atoms with Crippen molar-refractivity contribution >= 4 is 17.1 Å². The van der Waals surface area contributed by atoms with Crippen LogP contribution >= 0.6 is 0 Å². The van der Waals surface area contributed by atoms with Crippen LogP contribution in [0, 0.1) is 21.4 Å². The zero-order chi connectivity index (χ0) is 16.4. The molecule has 2 N–H and O–H groups in total. The minimum atomic E-state index is -0.609. The average Bonchev–Trinajstić information content (AvgIpc) is 3.08. The summed E-state index contributed by atoms with van der Waals surface area (Å²) in [4.78, 5) is 16.6. The van der Waals surface area contributed by atoms with Crippen molar-refractivity contribution in [3.8, 4) is 6.07 Å². The first-order valence-corrected chi connectivity index (χ1v) is 7.30. The average molecular weight is 312 g/mol. The number of nitrogens with zero attached hydrogens (tertiary/aromatic N) is 5. The van der Waals surface area contributed by atoms with Crippen molar-refractivity contribution in [2.24, 2.45) is 0 Å². The van der Waals surface area contributed by atoms with E-state index in [4.69, 9.17) is 5.73 Å². The fourth-order valence-corrected chi connectivity index (χ4v) is 3.03. The third-order valence-electron chi connectivity index (χ3n) is 4.14. The molecule has 3 rings (SSSR count). The summed E-state index contributed by atoms with van der Waals surface area (Å²) < 4.78 is 2.06. The summed E-state index contributed by atoms with van der Waals surface area (Å²) in [5.41, 5.74) is 6.24. The van der Waals surface area contributed by atoms with E-state index in [1.807, 2.05) is 12.3 Å². The van der Waals surface area contributed by atoms with Crippen molar-refractivity contribution in [2.75, 3.05) is 23.7 Å². The van der Waals surface area contributed by atoms with Gasteiger partial charge < -0.3 is 15.2 Å². The van der Waals surface area contributed by atoms with Gasteiger partial charge >= 0.3 is 5.69 Å². The van der Waals surface area contributed by atoms with Gasteiger partial charge in [0.05, 0.1) is 17.3 Å². The highest BCUT2D eigenvalue weighted by Crippen LogP contribution is 2.33. The number of imidazole rings is 1. The van der Waals surface area contributed by atoms with Crippen molar-refractivity contribution < 1.29 is 4.92 Å². The lowest BCUT2D eigenvalue weighted by molar-refractivity contribution is -0.384. The maximum absolute atomic E-state index is 11.0. The van der Waals surface area contributed by atoms with Gasteiger partial charge in [0.1, 0.15) is 17.3 Å². The molecule has 1 aliphatic rings. The number of nitro groups is 1. The quantitative estimate of drug-likeness (QED) is 0.527. The molecule has 0 bridgehead atoms. The first kappa shape index (κ1) is 14.8. The Bertz CT molecular complexity index is 765. The zero-order valence-corrected chi connectivity index (χ0v) is 12.4. The molecule has 0 amide bonds. The van der Waals surface area contributed by atoms with Crippen LogP contribution in [0.3, 0.4) is 0 Å². The number of rotatable bonds is 3. The SMILES string of the molecule is N#Cc1cc(N2CCCC(n3ccnc3)C2)cc(N)c1[N+](=O)[O-]. The van der Waals surface area contributed by atoms with Crippen LogP contribution in [0.5, 0.6) is 0 Å². The van der Waals surface area contributed by atoms with Gasteiger partial charge in [-0.15, -0.1) is 0 Å². The van der Waals surface area contributed by atoms with Gasteiger partial charge in [-0.2, -0.15) is 5.26 Å². The number of benzene rings is 1. The molecule has 1 aromatic heterocycles. The first-order chi connectivity index (χ1) is 11.1. The number of piperidine rings is 1. The fraction of sp³-hybridized carbons (Fsp3) is 0.333. The Morgan fingerprint density at radius 1 is 1.48 bits per heavy atom. The van der Waals surface area contributed by atoms with Gasteiger partial charge in [0, 0.05) is 31.2 Å². The number of nitro benzene ring substituents is 1. The van der Waals surface area contributed by atoms with Crippen LogP contribution in [0.1, 0.15) is 24.4 Å². The molecule has 0 aliphatic carbocycles.